The van der Waals surface area contributed by atoms with E-state index in [4.69, 9.17) is 0 Å². The summed E-state index contributed by atoms with van der Waals surface area (Å²) in [7, 11) is 0. The topological polar surface area (TPSA) is 0 Å². The van der Waals surface area contributed by atoms with E-state index in [0.717, 1.165) is 4.47 Å². The van der Waals surface area contributed by atoms with Gasteiger partial charge in [-0.3, -0.25) is 0 Å². The third kappa shape index (κ3) is 5.17. The molecule has 0 nitrogen and oxygen atoms in total. The molecule has 4 aromatic carbocycles. The van der Waals surface area contributed by atoms with Crippen molar-refractivity contribution < 1.29 is 0 Å². The predicted octanol–water partition coefficient (Wildman–Crippen LogP) is 7.47. The maximum Gasteiger partial charge on any atom is 0.0175 e. The SMILES string of the molecule is Brc1ccc(-c2ccccc2)cc1.c1ccc(-c2ccccc2)cc1. The van der Waals surface area contributed by atoms with Gasteiger partial charge in [0.1, 0.15) is 0 Å². The van der Waals surface area contributed by atoms with E-state index in [1.807, 2.05) is 18.2 Å². The van der Waals surface area contributed by atoms with Crippen molar-refractivity contribution in [3.05, 3.63) is 120 Å². The predicted molar refractivity (Wildman–Crippen MR) is 111 cm³/mol. The van der Waals surface area contributed by atoms with Crippen molar-refractivity contribution in [3.8, 4) is 22.3 Å². The second kappa shape index (κ2) is 9.00. The third-order valence-corrected chi connectivity index (χ3v) is 4.36. The zero-order valence-electron chi connectivity index (χ0n) is 13.8. The normalized spacial score (nSPS) is 9.80. The van der Waals surface area contributed by atoms with Crippen LogP contribution in [-0.4, -0.2) is 0 Å². The first kappa shape index (κ1) is 17.2. The zero-order chi connectivity index (χ0) is 17.3. The largest absolute Gasteiger partial charge is 0.0622 e. The molecule has 0 unspecified atom stereocenters. The van der Waals surface area contributed by atoms with Crippen LogP contribution in [0.5, 0.6) is 0 Å². The van der Waals surface area contributed by atoms with Crippen LogP contribution in [0.2, 0.25) is 0 Å². The molecule has 0 atom stereocenters. The Morgan fingerprint density at radius 1 is 0.320 bits per heavy atom. The molecule has 122 valence electrons. The summed E-state index contributed by atoms with van der Waals surface area (Å²) < 4.78 is 1.12. The molecule has 0 bridgehead atoms. The maximum absolute atomic E-state index is 3.42. The molecule has 0 aromatic heterocycles. The summed E-state index contributed by atoms with van der Waals surface area (Å²) in [4.78, 5) is 0. The van der Waals surface area contributed by atoms with Crippen LogP contribution in [0.15, 0.2) is 120 Å². The van der Waals surface area contributed by atoms with Gasteiger partial charge in [-0.15, -0.1) is 0 Å². The minimum Gasteiger partial charge on any atom is -0.0622 e. The van der Waals surface area contributed by atoms with Crippen LogP contribution in [0.3, 0.4) is 0 Å². The Morgan fingerprint density at radius 3 is 0.920 bits per heavy atom. The lowest BCUT2D eigenvalue weighted by Crippen LogP contribution is -1.75. The number of halogens is 1. The number of benzene rings is 4. The molecule has 0 spiro atoms. The number of hydrogen-bond donors (Lipinski definition) is 0. The fraction of sp³-hybridized carbons (Fsp3) is 0. The summed E-state index contributed by atoms with van der Waals surface area (Å²) in [5.41, 5.74) is 5.06. The average molecular weight is 387 g/mol. The first-order chi connectivity index (χ1) is 12.3. The van der Waals surface area contributed by atoms with E-state index in [0.29, 0.717) is 0 Å². The summed E-state index contributed by atoms with van der Waals surface area (Å²) in [6.07, 6.45) is 0. The quantitative estimate of drug-likeness (QED) is 0.335. The van der Waals surface area contributed by atoms with Crippen molar-refractivity contribution in [1.29, 1.82) is 0 Å². The number of rotatable bonds is 2. The number of hydrogen-bond acceptors (Lipinski definition) is 0. The van der Waals surface area contributed by atoms with Crippen LogP contribution in [-0.2, 0) is 0 Å². The van der Waals surface area contributed by atoms with E-state index in [-0.39, 0.29) is 0 Å². The minimum absolute atomic E-state index is 1.12. The van der Waals surface area contributed by atoms with Gasteiger partial charge in [0.25, 0.3) is 0 Å². The first-order valence-corrected chi connectivity index (χ1v) is 9.04. The van der Waals surface area contributed by atoms with Gasteiger partial charge in [0.2, 0.25) is 0 Å². The van der Waals surface area contributed by atoms with Crippen LogP contribution in [0.1, 0.15) is 0 Å². The molecule has 0 aliphatic rings. The van der Waals surface area contributed by atoms with Gasteiger partial charge in [-0.2, -0.15) is 0 Å². The highest BCUT2D eigenvalue weighted by Crippen LogP contribution is 2.21. The summed E-state index contributed by atoms with van der Waals surface area (Å²) in [5, 5.41) is 0. The molecular weight excluding hydrogens is 368 g/mol. The van der Waals surface area contributed by atoms with E-state index < -0.39 is 0 Å². The molecule has 0 fully saturated rings. The maximum atomic E-state index is 3.42. The van der Waals surface area contributed by atoms with Crippen LogP contribution in [0.25, 0.3) is 22.3 Å². The highest BCUT2D eigenvalue weighted by Gasteiger charge is 1.94. The third-order valence-electron chi connectivity index (χ3n) is 3.83. The molecule has 0 heterocycles. The van der Waals surface area contributed by atoms with Crippen molar-refractivity contribution >= 4 is 15.9 Å². The van der Waals surface area contributed by atoms with E-state index in [1.54, 1.807) is 0 Å². The van der Waals surface area contributed by atoms with Gasteiger partial charge < -0.3 is 0 Å². The Balaban J connectivity index is 0.000000146. The second-order valence-corrected chi connectivity index (χ2v) is 6.52. The lowest BCUT2D eigenvalue weighted by atomic mass is 10.1. The molecule has 0 aliphatic carbocycles. The molecular formula is C24H19Br. The molecule has 0 amide bonds. The van der Waals surface area contributed by atoms with Crippen molar-refractivity contribution in [2.24, 2.45) is 0 Å². The highest BCUT2D eigenvalue weighted by molar-refractivity contribution is 9.10. The molecule has 25 heavy (non-hydrogen) atoms. The Kier molecular flexibility index (Phi) is 6.19. The second-order valence-electron chi connectivity index (χ2n) is 5.60. The molecule has 0 aliphatic heterocycles. The molecule has 4 aromatic rings. The van der Waals surface area contributed by atoms with Gasteiger partial charge in [0.05, 0.1) is 0 Å². The van der Waals surface area contributed by atoms with E-state index in [9.17, 15) is 0 Å². The Labute approximate surface area is 157 Å². The van der Waals surface area contributed by atoms with Gasteiger partial charge in [-0.1, -0.05) is 119 Å². The van der Waals surface area contributed by atoms with Gasteiger partial charge in [-0.05, 0) is 34.4 Å². The summed E-state index contributed by atoms with van der Waals surface area (Å²) in [5.74, 6) is 0. The van der Waals surface area contributed by atoms with Crippen LogP contribution in [0.4, 0.5) is 0 Å². The average Bonchev–Trinajstić information content (AvgIpc) is 2.71. The molecule has 1 heteroatoms. The highest BCUT2D eigenvalue weighted by atomic mass is 79.9. The lowest BCUT2D eigenvalue weighted by molar-refractivity contribution is 1.59. The fourth-order valence-corrected chi connectivity index (χ4v) is 2.80. The standard InChI is InChI=1S/C12H9Br.C12H10/c13-12-8-6-11(7-9-12)10-4-2-1-3-5-10;1-3-7-11(8-4-1)12-9-5-2-6-10-12/h1-9H;1-10H. The van der Waals surface area contributed by atoms with E-state index >= 15 is 0 Å². The van der Waals surface area contributed by atoms with Gasteiger partial charge in [0, 0.05) is 4.47 Å². The Morgan fingerprint density at radius 2 is 0.600 bits per heavy atom. The van der Waals surface area contributed by atoms with Crippen molar-refractivity contribution in [3.63, 3.8) is 0 Å². The minimum atomic E-state index is 1.12. The molecule has 0 saturated heterocycles. The lowest BCUT2D eigenvalue weighted by Gasteiger charge is -2.00. The van der Waals surface area contributed by atoms with E-state index in [2.05, 4.69) is 113 Å². The fourth-order valence-electron chi connectivity index (χ4n) is 2.53. The monoisotopic (exact) mass is 386 g/mol. The molecule has 0 radical (unpaired) electrons. The molecule has 0 N–H and O–H groups in total. The molecule has 0 saturated carbocycles. The van der Waals surface area contributed by atoms with E-state index in [1.165, 1.54) is 22.3 Å². The van der Waals surface area contributed by atoms with Crippen LogP contribution >= 0.6 is 15.9 Å². The summed E-state index contributed by atoms with van der Waals surface area (Å²) in [6.45, 7) is 0. The van der Waals surface area contributed by atoms with Crippen molar-refractivity contribution in [1.82, 2.24) is 0 Å². The van der Waals surface area contributed by atoms with Crippen LogP contribution < -0.4 is 0 Å². The van der Waals surface area contributed by atoms with Crippen LogP contribution in [0, 0.1) is 0 Å². The van der Waals surface area contributed by atoms with Crippen molar-refractivity contribution in [2.75, 3.05) is 0 Å². The zero-order valence-corrected chi connectivity index (χ0v) is 15.4. The Bertz CT molecular complexity index is 830. The Hall–Kier alpha value is -2.64. The van der Waals surface area contributed by atoms with Gasteiger partial charge in [0.15, 0.2) is 0 Å². The van der Waals surface area contributed by atoms with Gasteiger partial charge >= 0.3 is 0 Å². The van der Waals surface area contributed by atoms with Gasteiger partial charge in [-0.25, -0.2) is 0 Å². The van der Waals surface area contributed by atoms with Crippen molar-refractivity contribution in [2.45, 2.75) is 0 Å². The molecule has 4 rings (SSSR count). The smallest absolute Gasteiger partial charge is 0.0175 e. The first-order valence-electron chi connectivity index (χ1n) is 8.24. The summed E-state index contributed by atoms with van der Waals surface area (Å²) >= 11 is 3.42. The summed E-state index contributed by atoms with van der Waals surface area (Å²) in [6, 6.07) is 39.5.